The highest BCUT2D eigenvalue weighted by Crippen LogP contribution is 2.85. The largest absolute Gasteiger partial charge is 0.0493 e. The molecular formula is C9H12. The quantitative estimate of drug-likeness (QED) is 0.459. The van der Waals surface area contributed by atoms with Crippen LogP contribution in [0.5, 0.6) is 0 Å². The molecule has 0 aromatic carbocycles. The van der Waals surface area contributed by atoms with E-state index in [-0.39, 0.29) is 0 Å². The molecule has 0 aromatic heterocycles. The van der Waals surface area contributed by atoms with Crippen molar-refractivity contribution in [2.75, 3.05) is 0 Å². The number of hydrogen-bond acceptors (Lipinski definition) is 0. The molecule has 0 saturated heterocycles. The van der Waals surface area contributed by atoms with Crippen LogP contribution in [-0.4, -0.2) is 0 Å². The molecule has 5 atom stereocenters. The highest BCUT2D eigenvalue weighted by atomic mass is 14.8. The first kappa shape index (κ1) is 4.00. The molecule has 5 aliphatic carbocycles. The second-order valence-electron chi connectivity index (χ2n) is 4.82. The summed E-state index contributed by atoms with van der Waals surface area (Å²) in [4.78, 5) is 0. The minimum Gasteiger partial charge on any atom is -0.0493 e. The summed E-state index contributed by atoms with van der Waals surface area (Å²) in [5, 5.41) is 0. The molecule has 9 heavy (non-hydrogen) atoms. The van der Waals surface area contributed by atoms with Gasteiger partial charge in [-0.15, -0.1) is 0 Å². The third-order valence-electron chi connectivity index (χ3n) is 4.73. The first-order valence-electron chi connectivity index (χ1n) is 4.41. The monoisotopic (exact) mass is 120 g/mol. The van der Waals surface area contributed by atoms with Crippen molar-refractivity contribution in [1.82, 2.24) is 0 Å². The molecular weight excluding hydrogens is 108 g/mol. The summed E-state index contributed by atoms with van der Waals surface area (Å²) in [6.07, 6.45) is 6.54. The van der Waals surface area contributed by atoms with E-state index in [0.29, 0.717) is 0 Å². The Hall–Kier alpha value is 0. The fourth-order valence-electron chi connectivity index (χ4n) is 4.24. The van der Waals surface area contributed by atoms with E-state index in [1.165, 1.54) is 23.7 Å². The van der Waals surface area contributed by atoms with Crippen LogP contribution >= 0.6 is 0 Å². The van der Waals surface area contributed by atoms with Crippen LogP contribution in [0.25, 0.3) is 0 Å². The van der Waals surface area contributed by atoms with E-state index >= 15 is 0 Å². The smallest absolute Gasteiger partial charge is 0.0260 e. The summed E-state index contributed by atoms with van der Waals surface area (Å²) >= 11 is 0. The number of rotatable bonds is 0. The van der Waals surface area contributed by atoms with Crippen molar-refractivity contribution in [3.8, 4) is 0 Å². The molecule has 0 radical (unpaired) electrons. The molecule has 4 bridgehead atoms. The molecule has 48 valence electrons. The Labute approximate surface area is 55.6 Å². The van der Waals surface area contributed by atoms with E-state index in [4.69, 9.17) is 0 Å². The van der Waals surface area contributed by atoms with Gasteiger partial charge in [0.05, 0.1) is 0 Å². The Morgan fingerprint density at radius 2 is 2.11 bits per heavy atom. The zero-order valence-corrected chi connectivity index (χ0v) is 5.64. The van der Waals surface area contributed by atoms with E-state index in [1.54, 1.807) is 25.7 Å². The van der Waals surface area contributed by atoms with E-state index in [0.717, 1.165) is 5.41 Å². The lowest BCUT2D eigenvalue weighted by Crippen LogP contribution is -2.11. The summed E-state index contributed by atoms with van der Waals surface area (Å²) in [7, 11) is 0. The molecule has 5 rings (SSSR count). The summed E-state index contributed by atoms with van der Waals surface area (Å²) < 4.78 is 0. The summed E-state index contributed by atoms with van der Waals surface area (Å²) in [5.41, 5.74) is 0.990. The van der Waals surface area contributed by atoms with Crippen molar-refractivity contribution in [1.29, 1.82) is 0 Å². The molecule has 0 aliphatic heterocycles. The Bertz CT molecular complexity index is 192. The van der Waals surface area contributed by atoms with Gasteiger partial charge in [-0.3, -0.25) is 0 Å². The van der Waals surface area contributed by atoms with E-state index in [1.807, 2.05) is 0 Å². The Morgan fingerprint density at radius 3 is 2.67 bits per heavy atom. The maximum absolute atomic E-state index is 1.66. The number of hydrogen-bond donors (Lipinski definition) is 0. The first-order valence-corrected chi connectivity index (χ1v) is 4.41. The molecule has 1 spiro atoms. The van der Waals surface area contributed by atoms with Crippen molar-refractivity contribution in [2.45, 2.75) is 25.7 Å². The van der Waals surface area contributed by atoms with Crippen molar-refractivity contribution < 1.29 is 0 Å². The van der Waals surface area contributed by atoms with Crippen LogP contribution in [-0.2, 0) is 0 Å². The van der Waals surface area contributed by atoms with Gasteiger partial charge in [-0.25, -0.2) is 0 Å². The molecule has 0 heterocycles. The second kappa shape index (κ2) is 0.810. The fraction of sp³-hybridized carbons (Fsp3) is 1.00. The lowest BCUT2D eigenvalue weighted by atomic mass is 9.84. The third-order valence-corrected chi connectivity index (χ3v) is 4.73. The molecule has 0 N–H and O–H groups in total. The van der Waals surface area contributed by atoms with E-state index in [2.05, 4.69) is 0 Å². The van der Waals surface area contributed by atoms with Gasteiger partial charge < -0.3 is 0 Å². The number of fused-ring (bicyclic) bond motifs is 1. The second-order valence-corrected chi connectivity index (χ2v) is 4.82. The molecule has 0 nitrogen and oxygen atoms in total. The van der Waals surface area contributed by atoms with Crippen molar-refractivity contribution >= 4 is 0 Å². The predicted molar refractivity (Wildman–Crippen MR) is 34.9 cm³/mol. The SMILES string of the molecule is C1CC23CC4C1C4C2C3. The van der Waals surface area contributed by atoms with Gasteiger partial charge in [0, 0.05) is 0 Å². The summed E-state index contributed by atoms with van der Waals surface area (Å²) in [5.74, 6) is 5.05. The van der Waals surface area contributed by atoms with Gasteiger partial charge in [-0.1, -0.05) is 0 Å². The molecule has 0 aromatic rings. The van der Waals surface area contributed by atoms with Gasteiger partial charge in [-0.2, -0.15) is 0 Å². The zero-order valence-electron chi connectivity index (χ0n) is 5.64. The van der Waals surface area contributed by atoms with Crippen LogP contribution in [0.2, 0.25) is 0 Å². The van der Waals surface area contributed by atoms with Crippen LogP contribution in [0.1, 0.15) is 25.7 Å². The Balaban J connectivity index is 1.95. The third kappa shape index (κ3) is 0.249. The topological polar surface area (TPSA) is 0 Å². The van der Waals surface area contributed by atoms with Crippen molar-refractivity contribution in [3.05, 3.63) is 0 Å². The van der Waals surface area contributed by atoms with Crippen LogP contribution in [0.4, 0.5) is 0 Å². The summed E-state index contributed by atoms with van der Waals surface area (Å²) in [6, 6.07) is 0. The molecule has 5 saturated carbocycles. The van der Waals surface area contributed by atoms with Crippen LogP contribution in [0.3, 0.4) is 0 Å². The molecule has 0 heteroatoms. The van der Waals surface area contributed by atoms with Gasteiger partial charge in [0.25, 0.3) is 0 Å². The normalized spacial score (nSPS) is 80.0. The standard InChI is InChI=1S/C9H12/c1-2-9-3-6-5(1)8(6)7(9)4-9/h5-8H,1-4H2. The molecule has 5 fully saturated rings. The molecule has 5 aliphatic rings. The van der Waals surface area contributed by atoms with Gasteiger partial charge >= 0.3 is 0 Å². The first-order chi connectivity index (χ1) is 4.41. The van der Waals surface area contributed by atoms with Gasteiger partial charge in [0.15, 0.2) is 0 Å². The lowest BCUT2D eigenvalue weighted by molar-refractivity contribution is 0.291. The van der Waals surface area contributed by atoms with Crippen LogP contribution in [0, 0.1) is 29.1 Å². The minimum atomic E-state index is 0.990. The maximum Gasteiger partial charge on any atom is -0.0260 e. The van der Waals surface area contributed by atoms with Gasteiger partial charge in [0.2, 0.25) is 0 Å². The van der Waals surface area contributed by atoms with E-state index < -0.39 is 0 Å². The van der Waals surface area contributed by atoms with Crippen LogP contribution in [0.15, 0.2) is 0 Å². The minimum absolute atomic E-state index is 0.990. The van der Waals surface area contributed by atoms with Crippen molar-refractivity contribution in [3.63, 3.8) is 0 Å². The zero-order chi connectivity index (χ0) is 5.64. The fourth-order valence-corrected chi connectivity index (χ4v) is 4.24. The highest BCUT2D eigenvalue weighted by Gasteiger charge is 2.77. The van der Waals surface area contributed by atoms with Gasteiger partial charge in [0.1, 0.15) is 0 Å². The highest BCUT2D eigenvalue weighted by molar-refractivity contribution is 5.26. The molecule has 5 unspecified atom stereocenters. The van der Waals surface area contributed by atoms with Gasteiger partial charge in [-0.05, 0) is 54.8 Å². The average Bonchev–Trinajstić information content (AvgIpc) is 2.71. The predicted octanol–water partition coefficient (Wildman–Crippen LogP) is 2.05. The summed E-state index contributed by atoms with van der Waals surface area (Å²) in [6.45, 7) is 0. The molecule has 0 amide bonds. The van der Waals surface area contributed by atoms with Crippen LogP contribution < -0.4 is 0 Å². The Morgan fingerprint density at radius 1 is 1.11 bits per heavy atom. The lowest BCUT2D eigenvalue weighted by Gasteiger charge is -2.21. The average molecular weight is 120 g/mol. The van der Waals surface area contributed by atoms with E-state index in [9.17, 15) is 0 Å². The maximum atomic E-state index is 1.66. The van der Waals surface area contributed by atoms with Crippen molar-refractivity contribution in [2.24, 2.45) is 29.1 Å². The Kier molecular flexibility index (Phi) is 0.360.